The first-order chi connectivity index (χ1) is 18.5. The first-order valence-corrected chi connectivity index (χ1v) is 12.6. The number of aliphatic carboxylic acids is 1. The van der Waals surface area contributed by atoms with Crippen molar-refractivity contribution >= 4 is 23.5 Å². The van der Waals surface area contributed by atoms with E-state index in [1.165, 1.54) is 0 Å². The van der Waals surface area contributed by atoms with Crippen LogP contribution in [-0.2, 0) is 16.1 Å². The molecule has 8 heteroatoms. The normalized spacial score (nSPS) is 12.0. The molecule has 2 N–H and O–H groups in total. The van der Waals surface area contributed by atoms with Crippen molar-refractivity contribution in [2.24, 2.45) is 0 Å². The van der Waals surface area contributed by atoms with E-state index in [-0.39, 0.29) is 24.7 Å². The number of fused-ring (bicyclic) bond motifs is 5. The van der Waals surface area contributed by atoms with Gasteiger partial charge in [-0.2, -0.15) is 5.10 Å². The molecule has 1 aliphatic heterocycles. The standard InChI is InChI=1S/C30H28N4O4/c1-31-30(38)20-14-16-22(17-15-20)34-19-25-23-9-3-2-8-21(23)18-33(27(35)12-6-7-13-28(36)37)26-11-5-4-10-24(26)29(25)32-34/h2-5,8-11,14-17,19H,6-7,12-13,18H2,1H3,(H,31,38)(H,36,37). The van der Waals surface area contributed by atoms with Crippen LogP contribution in [0.1, 0.15) is 41.6 Å². The summed E-state index contributed by atoms with van der Waals surface area (Å²) in [6, 6.07) is 23.0. The third-order valence-corrected chi connectivity index (χ3v) is 6.75. The maximum Gasteiger partial charge on any atom is 0.303 e. The number of carboxylic acids is 1. The molecule has 1 aromatic heterocycles. The van der Waals surface area contributed by atoms with Gasteiger partial charge >= 0.3 is 5.97 Å². The van der Waals surface area contributed by atoms with Gasteiger partial charge in [-0.3, -0.25) is 14.4 Å². The Kier molecular flexibility index (Phi) is 7.04. The van der Waals surface area contributed by atoms with Gasteiger partial charge in [-0.25, -0.2) is 4.68 Å². The van der Waals surface area contributed by atoms with Crippen molar-refractivity contribution in [1.29, 1.82) is 0 Å². The first kappa shape index (κ1) is 25.0. The van der Waals surface area contributed by atoms with Crippen molar-refractivity contribution in [3.8, 4) is 28.1 Å². The lowest BCUT2D eigenvalue weighted by atomic mass is 9.93. The third kappa shape index (κ3) is 4.93. The Bertz CT molecular complexity index is 1510. The predicted octanol–water partition coefficient (Wildman–Crippen LogP) is 5.06. The zero-order valence-electron chi connectivity index (χ0n) is 21.1. The van der Waals surface area contributed by atoms with E-state index in [2.05, 4.69) is 5.32 Å². The fourth-order valence-corrected chi connectivity index (χ4v) is 4.81. The van der Waals surface area contributed by atoms with Gasteiger partial charge in [0.25, 0.3) is 5.91 Å². The van der Waals surface area contributed by atoms with Crippen LogP contribution < -0.4 is 10.2 Å². The van der Waals surface area contributed by atoms with Gasteiger partial charge < -0.3 is 15.3 Å². The molecule has 0 aliphatic carbocycles. The molecule has 1 aliphatic rings. The van der Waals surface area contributed by atoms with Crippen LogP contribution in [0.15, 0.2) is 79.0 Å². The molecule has 0 bridgehead atoms. The van der Waals surface area contributed by atoms with Crippen LogP contribution >= 0.6 is 0 Å². The number of rotatable bonds is 7. The van der Waals surface area contributed by atoms with E-state index in [4.69, 9.17) is 10.2 Å². The molecule has 0 atom stereocenters. The van der Waals surface area contributed by atoms with Gasteiger partial charge in [0.2, 0.25) is 5.91 Å². The highest BCUT2D eigenvalue weighted by molar-refractivity contribution is 6.00. The van der Waals surface area contributed by atoms with E-state index in [0.29, 0.717) is 24.9 Å². The molecule has 38 heavy (non-hydrogen) atoms. The summed E-state index contributed by atoms with van der Waals surface area (Å²) in [6.45, 7) is 0.399. The van der Waals surface area contributed by atoms with Gasteiger partial charge in [0.05, 0.1) is 17.9 Å². The molecular formula is C30H28N4O4. The fraction of sp³-hybridized carbons (Fsp3) is 0.200. The first-order valence-electron chi connectivity index (χ1n) is 12.6. The highest BCUT2D eigenvalue weighted by atomic mass is 16.4. The molecule has 5 rings (SSSR count). The van der Waals surface area contributed by atoms with Crippen molar-refractivity contribution in [3.63, 3.8) is 0 Å². The topological polar surface area (TPSA) is 105 Å². The number of aromatic nitrogens is 2. The molecule has 0 saturated heterocycles. The summed E-state index contributed by atoms with van der Waals surface area (Å²) in [5, 5.41) is 16.5. The molecule has 0 unspecified atom stereocenters. The summed E-state index contributed by atoms with van der Waals surface area (Å²) in [7, 11) is 1.60. The lowest BCUT2D eigenvalue weighted by Crippen LogP contribution is -2.31. The molecule has 2 amide bonds. The minimum atomic E-state index is -0.852. The summed E-state index contributed by atoms with van der Waals surface area (Å²) in [6.07, 6.45) is 3.28. The van der Waals surface area contributed by atoms with Crippen molar-refractivity contribution in [3.05, 3.63) is 90.1 Å². The zero-order chi connectivity index (χ0) is 26.6. The van der Waals surface area contributed by atoms with Gasteiger partial charge in [-0.05, 0) is 54.3 Å². The number of amides is 2. The smallest absolute Gasteiger partial charge is 0.303 e. The van der Waals surface area contributed by atoms with Gasteiger partial charge in [-0.15, -0.1) is 0 Å². The molecule has 0 spiro atoms. The number of para-hydroxylation sites is 1. The van der Waals surface area contributed by atoms with Gasteiger partial charge in [0.15, 0.2) is 0 Å². The Morgan fingerprint density at radius 2 is 1.55 bits per heavy atom. The zero-order valence-corrected chi connectivity index (χ0v) is 21.1. The number of nitrogens with one attached hydrogen (secondary N) is 1. The van der Waals surface area contributed by atoms with Crippen molar-refractivity contribution < 1.29 is 19.5 Å². The van der Waals surface area contributed by atoms with Gasteiger partial charge in [-0.1, -0.05) is 42.5 Å². The number of unbranched alkanes of at least 4 members (excludes halogenated alkanes) is 1. The molecule has 0 saturated carbocycles. The lowest BCUT2D eigenvalue weighted by molar-refractivity contribution is -0.137. The van der Waals surface area contributed by atoms with Crippen molar-refractivity contribution in [2.45, 2.75) is 32.2 Å². The Labute approximate surface area is 220 Å². The summed E-state index contributed by atoms with van der Waals surface area (Å²) in [4.78, 5) is 38.1. The molecule has 3 aromatic carbocycles. The summed E-state index contributed by atoms with van der Waals surface area (Å²) in [5.41, 5.74) is 6.69. The second-order valence-corrected chi connectivity index (χ2v) is 9.22. The largest absolute Gasteiger partial charge is 0.481 e. The number of hydrogen-bond donors (Lipinski definition) is 2. The molecule has 0 radical (unpaired) electrons. The molecular weight excluding hydrogens is 480 g/mol. The Morgan fingerprint density at radius 1 is 0.868 bits per heavy atom. The Morgan fingerprint density at radius 3 is 2.29 bits per heavy atom. The maximum atomic E-state index is 13.5. The summed E-state index contributed by atoms with van der Waals surface area (Å²) in [5.74, 6) is -1.06. The van der Waals surface area contributed by atoms with Crippen LogP contribution in [0.5, 0.6) is 0 Å². The van der Waals surface area contributed by atoms with Gasteiger partial charge in [0, 0.05) is 42.8 Å². The lowest BCUT2D eigenvalue weighted by Gasteiger charge is -2.28. The molecule has 192 valence electrons. The highest BCUT2D eigenvalue weighted by Gasteiger charge is 2.27. The number of hydrogen-bond acceptors (Lipinski definition) is 4. The van der Waals surface area contributed by atoms with E-state index >= 15 is 0 Å². The monoisotopic (exact) mass is 508 g/mol. The summed E-state index contributed by atoms with van der Waals surface area (Å²) >= 11 is 0. The average molecular weight is 509 g/mol. The van der Waals surface area contributed by atoms with Crippen molar-refractivity contribution in [2.75, 3.05) is 11.9 Å². The second-order valence-electron chi connectivity index (χ2n) is 9.22. The second kappa shape index (κ2) is 10.7. The number of carbonyl (C=O) groups excluding carboxylic acids is 2. The maximum absolute atomic E-state index is 13.5. The quantitative estimate of drug-likeness (QED) is 0.340. The number of benzene rings is 3. The highest BCUT2D eigenvalue weighted by Crippen LogP contribution is 2.42. The predicted molar refractivity (Wildman–Crippen MR) is 145 cm³/mol. The van der Waals surface area contributed by atoms with Crippen LogP contribution in [0.4, 0.5) is 5.69 Å². The molecule has 2 heterocycles. The summed E-state index contributed by atoms with van der Waals surface area (Å²) < 4.78 is 1.80. The molecule has 4 aromatic rings. The number of nitrogens with zero attached hydrogens (tertiary/aromatic N) is 3. The van der Waals surface area contributed by atoms with Gasteiger partial charge in [0.1, 0.15) is 5.69 Å². The van der Waals surface area contributed by atoms with E-state index < -0.39 is 5.97 Å². The van der Waals surface area contributed by atoms with E-state index in [1.54, 1.807) is 28.8 Å². The van der Waals surface area contributed by atoms with Crippen LogP contribution in [0.2, 0.25) is 0 Å². The fourth-order valence-electron chi connectivity index (χ4n) is 4.81. The van der Waals surface area contributed by atoms with Crippen molar-refractivity contribution in [1.82, 2.24) is 15.1 Å². The van der Waals surface area contributed by atoms with Crippen LogP contribution in [0.25, 0.3) is 28.1 Å². The Balaban J connectivity index is 1.58. The van der Waals surface area contributed by atoms with Crippen LogP contribution in [-0.4, -0.2) is 39.7 Å². The molecule has 0 fully saturated rings. The number of carbonyl (C=O) groups is 3. The average Bonchev–Trinajstić information content (AvgIpc) is 3.37. The van der Waals surface area contributed by atoms with E-state index in [0.717, 1.165) is 39.3 Å². The number of anilines is 1. The Hall–Kier alpha value is -4.72. The van der Waals surface area contributed by atoms with Crippen LogP contribution in [0.3, 0.4) is 0 Å². The minimum Gasteiger partial charge on any atom is -0.481 e. The minimum absolute atomic E-state index is 0.0506. The molecule has 8 nitrogen and oxygen atoms in total. The van der Waals surface area contributed by atoms with Crippen LogP contribution in [0, 0.1) is 0 Å². The third-order valence-electron chi connectivity index (χ3n) is 6.75. The van der Waals surface area contributed by atoms with E-state index in [9.17, 15) is 14.4 Å². The SMILES string of the molecule is CNC(=O)c1ccc(-n2cc3c(n2)-c2ccccc2N(C(=O)CCCCC(=O)O)Cc2ccccc2-3)cc1. The number of carboxylic acid groups (broad SMARTS) is 1. The van der Waals surface area contributed by atoms with E-state index in [1.807, 2.05) is 66.9 Å².